The molecule has 0 bridgehead atoms. The zero-order valence-electron chi connectivity index (χ0n) is 11.7. The second kappa shape index (κ2) is 5.57. The van der Waals surface area contributed by atoms with E-state index in [1.54, 1.807) is 18.7 Å². The molecule has 0 spiro atoms. The standard InChI is InChI=1S/C12H24N2O3S/c1-5-7-13-10-6-8-14(11(10)15)9-12(2,3)18(4,16)17/h10,13H,5-9H2,1-4H3. The summed E-state index contributed by atoms with van der Waals surface area (Å²) >= 11 is 0. The number of rotatable bonds is 6. The van der Waals surface area contributed by atoms with Gasteiger partial charge < -0.3 is 10.2 Å². The molecule has 0 saturated carbocycles. The van der Waals surface area contributed by atoms with Crippen molar-refractivity contribution in [2.24, 2.45) is 0 Å². The number of amides is 1. The lowest BCUT2D eigenvalue weighted by Gasteiger charge is -2.28. The predicted molar refractivity (Wildman–Crippen MR) is 72.2 cm³/mol. The van der Waals surface area contributed by atoms with Crippen molar-refractivity contribution in [2.45, 2.75) is 44.4 Å². The van der Waals surface area contributed by atoms with Gasteiger partial charge in [-0.2, -0.15) is 0 Å². The Bertz CT molecular complexity index is 404. The van der Waals surface area contributed by atoms with Crippen molar-refractivity contribution in [1.29, 1.82) is 0 Å². The van der Waals surface area contributed by atoms with Gasteiger partial charge in [0.25, 0.3) is 0 Å². The van der Waals surface area contributed by atoms with Crippen LogP contribution in [-0.2, 0) is 14.6 Å². The number of nitrogens with one attached hydrogen (secondary N) is 1. The summed E-state index contributed by atoms with van der Waals surface area (Å²) in [6.45, 7) is 7.12. The Morgan fingerprint density at radius 3 is 2.56 bits per heavy atom. The lowest BCUT2D eigenvalue weighted by molar-refractivity contribution is -0.129. The van der Waals surface area contributed by atoms with Crippen molar-refractivity contribution < 1.29 is 13.2 Å². The lowest BCUT2D eigenvalue weighted by Crippen LogP contribution is -2.47. The Labute approximate surface area is 110 Å². The van der Waals surface area contributed by atoms with Crippen molar-refractivity contribution in [2.75, 3.05) is 25.9 Å². The van der Waals surface area contributed by atoms with E-state index in [1.165, 1.54) is 6.26 Å². The number of hydrogen-bond donors (Lipinski definition) is 1. The molecular formula is C12H24N2O3S. The zero-order chi connectivity index (χ0) is 14.0. The molecule has 0 aromatic heterocycles. The minimum atomic E-state index is -3.16. The third-order valence-electron chi connectivity index (χ3n) is 3.51. The summed E-state index contributed by atoms with van der Waals surface area (Å²) < 4.78 is 22.4. The van der Waals surface area contributed by atoms with Crippen LogP contribution in [0.5, 0.6) is 0 Å². The van der Waals surface area contributed by atoms with Crippen LogP contribution < -0.4 is 5.32 Å². The van der Waals surface area contributed by atoms with E-state index in [4.69, 9.17) is 0 Å². The van der Waals surface area contributed by atoms with Crippen LogP contribution in [0.25, 0.3) is 0 Å². The molecule has 0 aromatic carbocycles. The molecule has 1 heterocycles. The summed E-state index contributed by atoms with van der Waals surface area (Å²) in [5.41, 5.74) is 0. The fraction of sp³-hybridized carbons (Fsp3) is 0.917. The summed E-state index contributed by atoms with van der Waals surface area (Å²) in [4.78, 5) is 13.7. The van der Waals surface area contributed by atoms with Gasteiger partial charge in [-0.1, -0.05) is 6.92 Å². The topological polar surface area (TPSA) is 66.5 Å². The van der Waals surface area contributed by atoms with Crippen molar-refractivity contribution in [3.63, 3.8) is 0 Å². The van der Waals surface area contributed by atoms with Gasteiger partial charge in [0.1, 0.15) is 0 Å². The average molecular weight is 276 g/mol. The fourth-order valence-corrected chi connectivity index (χ4v) is 2.37. The summed E-state index contributed by atoms with van der Waals surface area (Å²) in [5.74, 6) is 0.0279. The first-order valence-corrected chi connectivity index (χ1v) is 8.30. The fourth-order valence-electron chi connectivity index (χ4n) is 1.98. The molecule has 0 radical (unpaired) electrons. The van der Waals surface area contributed by atoms with Gasteiger partial charge in [-0.05, 0) is 33.2 Å². The average Bonchev–Trinajstić information content (AvgIpc) is 2.56. The Balaban J connectivity index is 2.63. The number of nitrogens with zero attached hydrogens (tertiary/aromatic N) is 1. The highest BCUT2D eigenvalue weighted by Gasteiger charge is 2.38. The minimum absolute atomic E-state index is 0.0279. The Kier molecular flexibility index (Phi) is 4.78. The molecule has 1 fully saturated rings. The van der Waals surface area contributed by atoms with Gasteiger partial charge >= 0.3 is 0 Å². The van der Waals surface area contributed by atoms with Crippen molar-refractivity contribution in [3.8, 4) is 0 Å². The molecule has 5 nitrogen and oxygen atoms in total. The molecule has 1 atom stereocenters. The van der Waals surface area contributed by atoms with Crippen LogP contribution in [0.2, 0.25) is 0 Å². The van der Waals surface area contributed by atoms with Gasteiger partial charge in [0.2, 0.25) is 5.91 Å². The molecule has 1 aliphatic heterocycles. The second-order valence-corrected chi connectivity index (χ2v) is 8.24. The van der Waals surface area contributed by atoms with E-state index in [9.17, 15) is 13.2 Å². The van der Waals surface area contributed by atoms with Gasteiger partial charge in [0.05, 0.1) is 10.8 Å². The highest BCUT2D eigenvalue weighted by Crippen LogP contribution is 2.21. The molecule has 6 heteroatoms. The van der Waals surface area contributed by atoms with Crippen molar-refractivity contribution in [3.05, 3.63) is 0 Å². The molecule has 1 rings (SSSR count). The van der Waals surface area contributed by atoms with E-state index >= 15 is 0 Å². The molecule has 0 aromatic rings. The SMILES string of the molecule is CCCNC1CCN(CC(C)(C)S(C)(=O)=O)C1=O. The van der Waals surface area contributed by atoms with E-state index in [2.05, 4.69) is 12.2 Å². The number of hydrogen-bond acceptors (Lipinski definition) is 4. The molecule has 18 heavy (non-hydrogen) atoms. The summed E-state index contributed by atoms with van der Waals surface area (Å²) in [6.07, 6.45) is 2.97. The largest absolute Gasteiger partial charge is 0.340 e. The van der Waals surface area contributed by atoms with Crippen LogP contribution in [0, 0.1) is 0 Å². The molecule has 1 N–H and O–H groups in total. The second-order valence-electron chi connectivity index (χ2n) is 5.59. The lowest BCUT2D eigenvalue weighted by atomic mass is 10.2. The van der Waals surface area contributed by atoms with E-state index in [-0.39, 0.29) is 18.5 Å². The molecule has 1 saturated heterocycles. The molecular weight excluding hydrogens is 252 g/mol. The van der Waals surface area contributed by atoms with Crippen LogP contribution >= 0.6 is 0 Å². The smallest absolute Gasteiger partial charge is 0.239 e. The van der Waals surface area contributed by atoms with Crippen molar-refractivity contribution >= 4 is 15.7 Å². The normalized spacial score (nSPS) is 21.7. The van der Waals surface area contributed by atoms with E-state index < -0.39 is 14.6 Å². The van der Waals surface area contributed by atoms with Crippen LogP contribution in [0.3, 0.4) is 0 Å². The van der Waals surface area contributed by atoms with Gasteiger partial charge in [-0.15, -0.1) is 0 Å². The number of sulfone groups is 1. The van der Waals surface area contributed by atoms with Gasteiger partial charge in [0.15, 0.2) is 9.84 Å². The number of carbonyl (C=O) groups is 1. The molecule has 1 unspecified atom stereocenters. The summed E-state index contributed by atoms with van der Waals surface area (Å²) in [6, 6.07) is -0.139. The first-order chi connectivity index (χ1) is 8.19. The van der Waals surface area contributed by atoms with Gasteiger partial charge in [0, 0.05) is 19.3 Å². The van der Waals surface area contributed by atoms with Gasteiger partial charge in [-0.25, -0.2) is 8.42 Å². The van der Waals surface area contributed by atoms with Crippen LogP contribution in [0.4, 0.5) is 0 Å². The highest BCUT2D eigenvalue weighted by atomic mass is 32.2. The van der Waals surface area contributed by atoms with E-state index in [0.717, 1.165) is 19.4 Å². The molecule has 0 aliphatic carbocycles. The summed E-state index contributed by atoms with van der Waals surface area (Å²) in [5, 5.41) is 3.19. The zero-order valence-corrected chi connectivity index (χ0v) is 12.5. The maximum absolute atomic E-state index is 12.1. The minimum Gasteiger partial charge on any atom is -0.340 e. The van der Waals surface area contributed by atoms with E-state index in [1.807, 2.05) is 0 Å². The molecule has 1 aliphatic rings. The van der Waals surface area contributed by atoms with Crippen LogP contribution in [0.1, 0.15) is 33.6 Å². The van der Waals surface area contributed by atoms with Crippen molar-refractivity contribution in [1.82, 2.24) is 10.2 Å². The third-order valence-corrected chi connectivity index (χ3v) is 5.65. The Morgan fingerprint density at radius 2 is 2.06 bits per heavy atom. The Morgan fingerprint density at radius 1 is 1.44 bits per heavy atom. The quantitative estimate of drug-likeness (QED) is 0.763. The maximum Gasteiger partial charge on any atom is 0.239 e. The van der Waals surface area contributed by atoms with Crippen LogP contribution in [0.15, 0.2) is 0 Å². The third kappa shape index (κ3) is 3.45. The Hall–Kier alpha value is -0.620. The predicted octanol–water partition coefficient (Wildman–Crippen LogP) is 0.410. The van der Waals surface area contributed by atoms with Gasteiger partial charge in [-0.3, -0.25) is 4.79 Å². The summed E-state index contributed by atoms with van der Waals surface area (Å²) in [7, 11) is -3.16. The molecule has 1 amide bonds. The first-order valence-electron chi connectivity index (χ1n) is 6.41. The molecule has 106 valence electrons. The number of carbonyl (C=O) groups excluding carboxylic acids is 1. The first kappa shape index (κ1) is 15.4. The van der Waals surface area contributed by atoms with E-state index in [0.29, 0.717) is 6.54 Å². The van der Waals surface area contributed by atoms with Crippen LogP contribution in [-0.4, -0.2) is 55.9 Å². The monoisotopic (exact) mass is 276 g/mol. The highest BCUT2D eigenvalue weighted by molar-refractivity contribution is 7.92. The maximum atomic E-state index is 12.1. The number of likely N-dealkylation sites (tertiary alicyclic amines) is 1.